The summed E-state index contributed by atoms with van der Waals surface area (Å²) in [7, 11) is 0. The monoisotopic (exact) mass is 487 g/mol. The zero-order chi connectivity index (χ0) is 25.1. The Labute approximate surface area is 220 Å². The van der Waals surface area contributed by atoms with Crippen molar-refractivity contribution in [3.05, 3.63) is 133 Å². The summed E-state index contributed by atoms with van der Waals surface area (Å²) < 4.78 is 4.71. The second-order valence-electron chi connectivity index (χ2n) is 9.95. The number of benzene rings is 4. The summed E-state index contributed by atoms with van der Waals surface area (Å²) in [5.41, 5.74) is 8.17. The first kappa shape index (κ1) is 21.2. The summed E-state index contributed by atoms with van der Waals surface area (Å²) in [6.07, 6.45) is 8.89. The van der Waals surface area contributed by atoms with Crippen LogP contribution in [0.25, 0.3) is 60.7 Å². The second kappa shape index (κ2) is 8.32. The molecular formula is C35H25N3. The Bertz CT molecular complexity index is 2070. The highest BCUT2D eigenvalue weighted by atomic mass is 15.1. The molecule has 0 atom stereocenters. The van der Waals surface area contributed by atoms with Crippen molar-refractivity contribution in [3.63, 3.8) is 0 Å². The molecule has 0 fully saturated rings. The molecule has 1 aliphatic rings. The van der Waals surface area contributed by atoms with Crippen LogP contribution >= 0.6 is 0 Å². The third-order valence-electron chi connectivity index (χ3n) is 7.73. The van der Waals surface area contributed by atoms with Crippen LogP contribution < -0.4 is 0 Å². The largest absolute Gasteiger partial charge is 0.309 e. The lowest BCUT2D eigenvalue weighted by atomic mass is 10.0. The maximum absolute atomic E-state index is 5.17. The zero-order valence-electron chi connectivity index (χ0n) is 20.9. The lowest BCUT2D eigenvalue weighted by Crippen LogP contribution is -2.00. The molecule has 0 spiro atoms. The van der Waals surface area contributed by atoms with Crippen LogP contribution in [0, 0.1) is 0 Å². The van der Waals surface area contributed by atoms with Gasteiger partial charge in [-0.3, -0.25) is 4.57 Å². The molecule has 0 N–H and O–H groups in total. The molecular weight excluding hydrogens is 462 g/mol. The second-order valence-corrected chi connectivity index (χ2v) is 9.95. The summed E-state index contributed by atoms with van der Waals surface area (Å²) in [5.74, 6) is 0.944. The molecule has 0 unspecified atom stereocenters. The van der Waals surface area contributed by atoms with Crippen LogP contribution in [0.4, 0.5) is 0 Å². The fourth-order valence-corrected chi connectivity index (χ4v) is 6.04. The summed E-state index contributed by atoms with van der Waals surface area (Å²) >= 11 is 0. The first-order valence-electron chi connectivity index (χ1n) is 13.2. The van der Waals surface area contributed by atoms with Crippen LogP contribution in [0.1, 0.15) is 18.5 Å². The van der Waals surface area contributed by atoms with E-state index in [0.29, 0.717) is 0 Å². The normalized spacial score (nSPS) is 13.6. The molecule has 7 aromatic rings. The standard InChI is InChI=1S/C35H25N3/c1-3-12-24(13-4-1)30-18-11-21-35(36-30)38-32-20-10-8-17-27(32)29-22-33-28(23-34(29)38)26-16-7-9-19-31(26)37(33)25-14-5-2-6-15-25/h2-3,5-23H,1,4H2. The van der Waals surface area contributed by atoms with Crippen molar-refractivity contribution < 1.29 is 0 Å². The Morgan fingerprint density at radius 2 is 1.18 bits per heavy atom. The molecule has 3 nitrogen and oxygen atoms in total. The van der Waals surface area contributed by atoms with Gasteiger partial charge in [-0.2, -0.15) is 0 Å². The Hall–Kier alpha value is -4.89. The van der Waals surface area contributed by atoms with Crippen LogP contribution in [-0.2, 0) is 0 Å². The molecule has 3 heterocycles. The van der Waals surface area contributed by atoms with Gasteiger partial charge in [0.05, 0.1) is 27.8 Å². The van der Waals surface area contributed by atoms with E-state index in [4.69, 9.17) is 4.98 Å². The highest BCUT2D eigenvalue weighted by Gasteiger charge is 2.19. The average molecular weight is 488 g/mol. The number of pyridine rings is 1. The van der Waals surface area contributed by atoms with Crippen LogP contribution in [-0.4, -0.2) is 14.1 Å². The van der Waals surface area contributed by atoms with Crippen molar-refractivity contribution in [2.45, 2.75) is 12.8 Å². The van der Waals surface area contributed by atoms with Gasteiger partial charge in [-0.05, 0) is 66.9 Å². The van der Waals surface area contributed by atoms with Crippen molar-refractivity contribution >= 4 is 49.2 Å². The van der Waals surface area contributed by atoms with Gasteiger partial charge in [-0.15, -0.1) is 0 Å². The maximum atomic E-state index is 5.17. The molecule has 4 aromatic carbocycles. The van der Waals surface area contributed by atoms with Gasteiger partial charge in [0.25, 0.3) is 0 Å². The van der Waals surface area contributed by atoms with E-state index in [1.807, 2.05) is 0 Å². The minimum atomic E-state index is 0.944. The summed E-state index contributed by atoms with van der Waals surface area (Å²) in [4.78, 5) is 5.17. The van der Waals surface area contributed by atoms with E-state index in [1.165, 1.54) is 54.9 Å². The molecule has 0 radical (unpaired) electrons. The Morgan fingerprint density at radius 1 is 0.526 bits per heavy atom. The SMILES string of the molecule is C1=CC(c2cccc(-n3c4ccccc4c4cc5c(cc43)c3ccccc3n5-c3ccccc3)n2)=CCC1. The molecule has 1 aliphatic carbocycles. The number of nitrogens with zero attached hydrogens (tertiary/aromatic N) is 3. The van der Waals surface area contributed by atoms with E-state index < -0.39 is 0 Å². The predicted molar refractivity (Wildman–Crippen MR) is 159 cm³/mol. The van der Waals surface area contributed by atoms with Crippen LogP contribution in [0.2, 0.25) is 0 Å². The molecule has 38 heavy (non-hydrogen) atoms. The number of hydrogen-bond acceptors (Lipinski definition) is 1. The van der Waals surface area contributed by atoms with Crippen LogP contribution in [0.5, 0.6) is 0 Å². The molecule has 0 bridgehead atoms. The lowest BCUT2D eigenvalue weighted by Gasteiger charge is -2.11. The third-order valence-corrected chi connectivity index (χ3v) is 7.73. The molecule has 0 aliphatic heterocycles. The Morgan fingerprint density at radius 3 is 1.89 bits per heavy atom. The number of fused-ring (bicyclic) bond motifs is 6. The molecule has 0 amide bonds. The van der Waals surface area contributed by atoms with E-state index in [-0.39, 0.29) is 0 Å². The predicted octanol–water partition coefficient (Wildman–Crippen LogP) is 9.01. The van der Waals surface area contributed by atoms with Gasteiger partial charge in [-0.25, -0.2) is 4.98 Å². The van der Waals surface area contributed by atoms with Crippen LogP contribution in [0.3, 0.4) is 0 Å². The summed E-state index contributed by atoms with van der Waals surface area (Å²) in [5, 5.41) is 4.97. The van der Waals surface area contributed by atoms with Gasteiger partial charge in [0.1, 0.15) is 5.82 Å². The fourth-order valence-electron chi connectivity index (χ4n) is 6.04. The van der Waals surface area contributed by atoms with Crippen molar-refractivity contribution in [3.8, 4) is 11.5 Å². The smallest absolute Gasteiger partial charge is 0.138 e. The number of aromatic nitrogens is 3. The van der Waals surface area contributed by atoms with E-state index >= 15 is 0 Å². The van der Waals surface area contributed by atoms with Gasteiger partial charge in [-0.1, -0.05) is 78.9 Å². The number of rotatable bonds is 3. The van der Waals surface area contributed by atoms with Gasteiger partial charge in [0, 0.05) is 27.2 Å². The van der Waals surface area contributed by atoms with Gasteiger partial charge < -0.3 is 4.57 Å². The fraction of sp³-hybridized carbons (Fsp3) is 0.0571. The molecule has 0 saturated carbocycles. The maximum Gasteiger partial charge on any atom is 0.138 e. The first-order valence-corrected chi connectivity index (χ1v) is 13.2. The van der Waals surface area contributed by atoms with E-state index in [1.54, 1.807) is 0 Å². The van der Waals surface area contributed by atoms with Gasteiger partial charge in [0.15, 0.2) is 0 Å². The lowest BCUT2D eigenvalue weighted by molar-refractivity contribution is 1.03. The summed E-state index contributed by atoms with van der Waals surface area (Å²) in [6.45, 7) is 0. The summed E-state index contributed by atoms with van der Waals surface area (Å²) in [6, 6.07) is 39.1. The van der Waals surface area contributed by atoms with Crippen molar-refractivity contribution in [2.24, 2.45) is 0 Å². The molecule has 3 heteroatoms. The minimum Gasteiger partial charge on any atom is -0.309 e. The Kier molecular flexibility index (Phi) is 4.65. The number of hydrogen-bond donors (Lipinski definition) is 0. The van der Waals surface area contributed by atoms with E-state index in [2.05, 4.69) is 137 Å². The van der Waals surface area contributed by atoms with Gasteiger partial charge in [0.2, 0.25) is 0 Å². The third kappa shape index (κ3) is 3.12. The number of allylic oxidation sites excluding steroid dienone is 4. The molecule has 0 saturated heterocycles. The quantitative estimate of drug-likeness (QED) is 0.244. The molecule has 3 aromatic heterocycles. The van der Waals surface area contributed by atoms with Crippen molar-refractivity contribution in [1.29, 1.82) is 0 Å². The van der Waals surface area contributed by atoms with Crippen molar-refractivity contribution in [1.82, 2.24) is 14.1 Å². The minimum absolute atomic E-state index is 0.944. The van der Waals surface area contributed by atoms with Crippen molar-refractivity contribution in [2.75, 3.05) is 0 Å². The highest BCUT2D eigenvalue weighted by molar-refractivity contribution is 6.18. The average Bonchev–Trinajstić information content (AvgIpc) is 3.49. The first-order chi connectivity index (χ1) is 18.9. The Balaban J connectivity index is 1.47. The number of para-hydroxylation sites is 3. The molecule has 180 valence electrons. The topological polar surface area (TPSA) is 22.8 Å². The van der Waals surface area contributed by atoms with Crippen LogP contribution in [0.15, 0.2) is 127 Å². The van der Waals surface area contributed by atoms with E-state index in [0.717, 1.165) is 24.4 Å². The zero-order valence-corrected chi connectivity index (χ0v) is 20.9. The van der Waals surface area contributed by atoms with E-state index in [9.17, 15) is 0 Å². The highest BCUT2D eigenvalue weighted by Crippen LogP contribution is 2.39. The molecule has 8 rings (SSSR count). The van der Waals surface area contributed by atoms with Gasteiger partial charge >= 0.3 is 0 Å².